The van der Waals surface area contributed by atoms with Gasteiger partial charge in [0.15, 0.2) is 0 Å². The zero-order valence-corrected chi connectivity index (χ0v) is 12.2. The van der Waals surface area contributed by atoms with Gasteiger partial charge in [0.1, 0.15) is 0 Å². The highest BCUT2D eigenvalue weighted by Crippen LogP contribution is 2.40. The third-order valence-electron chi connectivity index (χ3n) is 3.30. The van der Waals surface area contributed by atoms with Gasteiger partial charge in [0.05, 0.1) is 15.6 Å². The van der Waals surface area contributed by atoms with Gasteiger partial charge >= 0.3 is 10.2 Å². The van der Waals surface area contributed by atoms with E-state index < -0.39 is 54.7 Å². The van der Waals surface area contributed by atoms with Crippen LogP contribution in [0.4, 0.5) is 20.9 Å². The van der Waals surface area contributed by atoms with Crippen LogP contribution in [0.5, 0.6) is 0 Å². The first-order chi connectivity index (χ1) is 10.6. The minimum atomic E-state index is -4.84. The number of halogens is 1. The minimum absolute atomic E-state index is 0.353. The number of benzene rings is 1. The quantitative estimate of drug-likeness (QED) is 0.442. The van der Waals surface area contributed by atoms with Gasteiger partial charge in [-0.2, -0.15) is 8.42 Å². The van der Waals surface area contributed by atoms with E-state index in [4.69, 9.17) is 0 Å². The Morgan fingerprint density at radius 3 is 2.17 bits per heavy atom. The van der Waals surface area contributed by atoms with Gasteiger partial charge in [-0.05, 0) is 6.07 Å². The monoisotopic (exact) mass is 347 g/mol. The molecular weight excluding hydrogens is 337 g/mol. The fourth-order valence-corrected chi connectivity index (χ4v) is 3.27. The summed E-state index contributed by atoms with van der Waals surface area (Å²) in [5, 5.41) is 22.1. The number of anilines is 1. The highest BCUT2D eigenvalue weighted by atomic mass is 32.3. The largest absolute Gasteiger partial charge is 0.302 e. The molecule has 124 valence electrons. The molecule has 2 rings (SSSR count). The standard InChI is InChI=1S/C11H10FN3O7S/c12-23(21,22)6-7-4-10(16)13(5-7)11-8(14(17)18)2-1-3-9(11)15(19)20/h1-3,7H,4-6H2. The van der Waals surface area contributed by atoms with E-state index in [9.17, 15) is 37.3 Å². The number of nitrogens with zero attached hydrogens (tertiary/aromatic N) is 3. The summed E-state index contributed by atoms with van der Waals surface area (Å²) in [5.74, 6) is -2.60. The maximum Gasteiger partial charge on any atom is 0.302 e. The second kappa shape index (κ2) is 5.87. The highest BCUT2D eigenvalue weighted by Gasteiger charge is 2.40. The van der Waals surface area contributed by atoms with Crippen LogP contribution in [0.2, 0.25) is 0 Å². The molecule has 0 aromatic heterocycles. The predicted molar refractivity (Wildman–Crippen MR) is 75.1 cm³/mol. The fourth-order valence-electron chi connectivity index (χ4n) is 2.48. The number of hydrogen-bond donors (Lipinski definition) is 0. The van der Waals surface area contributed by atoms with Crippen LogP contribution in [0.15, 0.2) is 18.2 Å². The molecule has 0 radical (unpaired) electrons. The Balaban J connectivity index is 2.47. The first kappa shape index (κ1) is 16.7. The second-order valence-corrected chi connectivity index (χ2v) is 6.35. The Bertz CT molecular complexity index is 763. The summed E-state index contributed by atoms with van der Waals surface area (Å²) in [6.45, 7) is -0.353. The molecule has 1 aromatic carbocycles. The molecule has 1 atom stereocenters. The lowest BCUT2D eigenvalue weighted by Gasteiger charge is -2.16. The van der Waals surface area contributed by atoms with Crippen molar-refractivity contribution in [3.8, 4) is 0 Å². The van der Waals surface area contributed by atoms with Crippen molar-refractivity contribution in [3.05, 3.63) is 38.4 Å². The van der Waals surface area contributed by atoms with Crippen molar-refractivity contribution in [2.45, 2.75) is 6.42 Å². The van der Waals surface area contributed by atoms with Gasteiger partial charge in [-0.15, -0.1) is 3.89 Å². The van der Waals surface area contributed by atoms with Gasteiger partial charge in [0, 0.05) is 31.0 Å². The number of nitro groups is 2. The first-order valence-corrected chi connectivity index (χ1v) is 7.80. The van der Waals surface area contributed by atoms with E-state index in [1.54, 1.807) is 0 Å². The summed E-state index contributed by atoms with van der Waals surface area (Å²) in [7, 11) is -4.84. The number of carbonyl (C=O) groups excluding carboxylic acids is 1. The summed E-state index contributed by atoms with van der Waals surface area (Å²) in [6, 6.07) is 3.09. The molecule has 1 saturated heterocycles. The fraction of sp³-hybridized carbons (Fsp3) is 0.364. The van der Waals surface area contributed by atoms with E-state index in [0.29, 0.717) is 0 Å². The van der Waals surface area contributed by atoms with Crippen molar-refractivity contribution in [2.24, 2.45) is 5.92 Å². The van der Waals surface area contributed by atoms with Gasteiger partial charge in [-0.1, -0.05) is 0 Å². The lowest BCUT2D eigenvalue weighted by atomic mass is 10.1. The van der Waals surface area contributed by atoms with Crippen LogP contribution in [0.3, 0.4) is 0 Å². The molecule has 23 heavy (non-hydrogen) atoms. The molecule has 1 amide bonds. The number of rotatable bonds is 5. The third kappa shape index (κ3) is 3.59. The summed E-state index contributed by atoms with van der Waals surface area (Å²) in [4.78, 5) is 33.1. The van der Waals surface area contributed by atoms with Crippen molar-refractivity contribution < 1.29 is 26.9 Å². The smallest absolute Gasteiger partial charge is 0.300 e. The molecule has 0 aliphatic carbocycles. The van der Waals surface area contributed by atoms with Crippen molar-refractivity contribution in [2.75, 3.05) is 17.2 Å². The van der Waals surface area contributed by atoms with Gasteiger partial charge in [-0.3, -0.25) is 25.0 Å². The molecule has 0 saturated carbocycles. The van der Waals surface area contributed by atoms with Crippen LogP contribution in [0.1, 0.15) is 6.42 Å². The van der Waals surface area contributed by atoms with Gasteiger partial charge in [0.25, 0.3) is 11.4 Å². The number of carbonyl (C=O) groups is 1. The van der Waals surface area contributed by atoms with Crippen LogP contribution in [0.25, 0.3) is 0 Å². The summed E-state index contributed by atoms with van der Waals surface area (Å²) in [5.41, 5.74) is -1.83. The maximum absolute atomic E-state index is 12.7. The summed E-state index contributed by atoms with van der Waals surface area (Å²) >= 11 is 0. The molecule has 0 bridgehead atoms. The molecule has 10 nitrogen and oxygen atoms in total. The Morgan fingerprint density at radius 2 is 1.74 bits per heavy atom. The molecule has 1 unspecified atom stereocenters. The van der Waals surface area contributed by atoms with E-state index in [1.807, 2.05) is 0 Å². The average molecular weight is 347 g/mol. The van der Waals surface area contributed by atoms with Crippen molar-refractivity contribution in [1.29, 1.82) is 0 Å². The Labute approximate surface area is 129 Å². The zero-order chi connectivity index (χ0) is 17.4. The predicted octanol–water partition coefficient (Wildman–Crippen LogP) is 1.16. The van der Waals surface area contributed by atoms with E-state index in [-0.39, 0.29) is 13.0 Å². The molecule has 1 fully saturated rings. The third-order valence-corrected chi connectivity index (χ3v) is 4.17. The summed E-state index contributed by atoms with van der Waals surface area (Å²) < 4.78 is 34.1. The van der Waals surface area contributed by atoms with Crippen LogP contribution < -0.4 is 4.90 Å². The average Bonchev–Trinajstić information content (AvgIpc) is 2.75. The second-order valence-electron chi connectivity index (χ2n) is 4.94. The van der Waals surface area contributed by atoms with E-state index in [1.165, 1.54) is 0 Å². The number of para-hydroxylation sites is 1. The SMILES string of the molecule is O=C1CC(CS(=O)(=O)F)CN1c1c([N+](=O)[O-])cccc1[N+](=O)[O-]. The minimum Gasteiger partial charge on any atom is -0.300 e. The van der Waals surface area contributed by atoms with Gasteiger partial charge in [-0.25, -0.2) is 0 Å². The van der Waals surface area contributed by atoms with Gasteiger partial charge < -0.3 is 4.90 Å². The highest BCUT2D eigenvalue weighted by molar-refractivity contribution is 7.86. The maximum atomic E-state index is 12.7. The Kier molecular flexibility index (Phi) is 4.27. The Morgan fingerprint density at radius 1 is 1.22 bits per heavy atom. The molecule has 0 spiro atoms. The normalized spacial score (nSPS) is 18.2. The molecule has 12 heteroatoms. The van der Waals surface area contributed by atoms with E-state index in [0.717, 1.165) is 23.1 Å². The first-order valence-electron chi connectivity index (χ1n) is 6.24. The number of nitro benzene ring substituents is 2. The molecule has 1 heterocycles. The van der Waals surface area contributed by atoms with Crippen LogP contribution in [-0.2, 0) is 15.0 Å². The molecule has 1 aliphatic rings. The lowest BCUT2D eigenvalue weighted by Crippen LogP contribution is -2.27. The lowest BCUT2D eigenvalue weighted by molar-refractivity contribution is -0.392. The zero-order valence-electron chi connectivity index (χ0n) is 11.4. The van der Waals surface area contributed by atoms with Crippen LogP contribution in [0, 0.1) is 26.1 Å². The molecule has 0 N–H and O–H groups in total. The van der Waals surface area contributed by atoms with Crippen LogP contribution >= 0.6 is 0 Å². The van der Waals surface area contributed by atoms with Gasteiger partial charge in [0.2, 0.25) is 11.6 Å². The van der Waals surface area contributed by atoms with E-state index >= 15 is 0 Å². The summed E-state index contributed by atoms with van der Waals surface area (Å²) in [6.07, 6.45) is -0.369. The van der Waals surface area contributed by atoms with Crippen molar-refractivity contribution in [3.63, 3.8) is 0 Å². The molecular formula is C11H10FN3O7S. The number of hydrogen-bond acceptors (Lipinski definition) is 7. The van der Waals surface area contributed by atoms with Crippen molar-refractivity contribution in [1.82, 2.24) is 0 Å². The topological polar surface area (TPSA) is 141 Å². The van der Waals surface area contributed by atoms with Crippen molar-refractivity contribution >= 4 is 33.2 Å². The molecule has 1 aliphatic heterocycles. The Hall–Kier alpha value is -2.63. The van der Waals surface area contributed by atoms with Crippen LogP contribution in [-0.4, -0.2) is 36.5 Å². The molecule has 1 aromatic rings. The number of amides is 1. The van der Waals surface area contributed by atoms with E-state index in [2.05, 4.69) is 0 Å².